The molecule has 0 unspecified atom stereocenters. The van der Waals surface area contributed by atoms with Gasteiger partial charge in [0.2, 0.25) is 5.91 Å². The maximum atomic E-state index is 12.0. The lowest BCUT2D eigenvalue weighted by molar-refractivity contribution is 0.0975. The minimum absolute atomic E-state index is 0.178. The number of carbonyl (C=O) groups is 2. The number of carbonyl (C=O) groups excluding carboxylic acids is 2. The molecule has 0 aromatic heterocycles. The second kappa shape index (κ2) is 6.82. The highest BCUT2D eigenvalue weighted by molar-refractivity contribution is 7.80. The molecule has 2 aromatic carbocycles. The highest BCUT2D eigenvalue weighted by Gasteiger charge is 2.08. The average Bonchev–Trinajstić information content (AvgIpc) is 2.48. The van der Waals surface area contributed by atoms with Crippen LogP contribution < -0.4 is 16.4 Å². The van der Waals surface area contributed by atoms with Crippen LogP contribution in [0.3, 0.4) is 0 Å². The largest absolute Gasteiger partial charge is 0.366 e. The van der Waals surface area contributed by atoms with Gasteiger partial charge < -0.3 is 11.1 Å². The minimum Gasteiger partial charge on any atom is -0.366 e. The Labute approximate surface area is 133 Å². The average molecular weight is 313 g/mol. The zero-order chi connectivity index (χ0) is 16.1. The lowest BCUT2D eigenvalue weighted by Gasteiger charge is -2.10. The molecule has 0 aliphatic rings. The summed E-state index contributed by atoms with van der Waals surface area (Å²) in [4.78, 5) is 23.0. The molecule has 2 aromatic rings. The Hall–Kier alpha value is -2.73. The Morgan fingerprint density at radius 1 is 0.955 bits per heavy atom. The van der Waals surface area contributed by atoms with Crippen LogP contribution in [-0.2, 0) is 0 Å². The van der Waals surface area contributed by atoms with E-state index in [4.69, 9.17) is 18.0 Å². The SMILES string of the molecule is Cc1ccc(C(=O)NC(=S)Nc2ccc(C(N)=O)cc2)cc1. The summed E-state index contributed by atoms with van der Waals surface area (Å²) in [6, 6.07) is 13.6. The number of nitrogens with one attached hydrogen (secondary N) is 2. The van der Waals surface area contributed by atoms with E-state index in [0.717, 1.165) is 5.56 Å². The molecule has 4 N–H and O–H groups in total. The summed E-state index contributed by atoms with van der Waals surface area (Å²) in [6.07, 6.45) is 0. The number of rotatable bonds is 3. The first-order chi connectivity index (χ1) is 10.5. The normalized spacial score (nSPS) is 9.86. The van der Waals surface area contributed by atoms with Crippen molar-refractivity contribution in [1.82, 2.24) is 5.32 Å². The molecule has 0 fully saturated rings. The van der Waals surface area contributed by atoms with Crippen molar-refractivity contribution in [2.24, 2.45) is 5.73 Å². The van der Waals surface area contributed by atoms with E-state index in [-0.39, 0.29) is 11.0 Å². The first-order valence-corrected chi connectivity index (χ1v) is 6.95. The predicted octanol–water partition coefficient (Wildman–Crippen LogP) is 2.22. The van der Waals surface area contributed by atoms with Crippen LogP contribution >= 0.6 is 12.2 Å². The summed E-state index contributed by atoms with van der Waals surface area (Å²) in [5.41, 5.74) is 7.82. The molecule has 0 heterocycles. The molecule has 0 aliphatic heterocycles. The van der Waals surface area contributed by atoms with Gasteiger partial charge in [-0.3, -0.25) is 14.9 Å². The van der Waals surface area contributed by atoms with Crippen molar-refractivity contribution in [3.63, 3.8) is 0 Å². The molecule has 5 nitrogen and oxygen atoms in total. The smallest absolute Gasteiger partial charge is 0.257 e. The number of thiocarbonyl (C=S) groups is 1. The quantitative estimate of drug-likeness (QED) is 0.759. The summed E-state index contributed by atoms with van der Waals surface area (Å²) in [5, 5.41) is 5.64. The molecule has 0 aliphatic carbocycles. The molecule has 2 amide bonds. The minimum atomic E-state index is -0.498. The van der Waals surface area contributed by atoms with E-state index in [2.05, 4.69) is 10.6 Å². The van der Waals surface area contributed by atoms with Gasteiger partial charge in [-0.25, -0.2) is 0 Å². The van der Waals surface area contributed by atoms with Gasteiger partial charge in [0.1, 0.15) is 0 Å². The molecule has 0 saturated carbocycles. The van der Waals surface area contributed by atoms with E-state index in [0.29, 0.717) is 16.8 Å². The van der Waals surface area contributed by atoms with Crippen LogP contribution in [0.5, 0.6) is 0 Å². The summed E-state index contributed by atoms with van der Waals surface area (Å²) in [5.74, 6) is -0.784. The zero-order valence-corrected chi connectivity index (χ0v) is 12.7. The van der Waals surface area contributed by atoms with E-state index >= 15 is 0 Å². The van der Waals surface area contributed by atoms with Crippen molar-refractivity contribution >= 4 is 34.8 Å². The van der Waals surface area contributed by atoms with Crippen molar-refractivity contribution < 1.29 is 9.59 Å². The fraction of sp³-hybridized carbons (Fsp3) is 0.0625. The lowest BCUT2D eigenvalue weighted by Crippen LogP contribution is -2.34. The third-order valence-electron chi connectivity index (χ3n) is 2.97. The van der Waals surface area contributed by atoms with E-state index in [1.54, 1.807) is 36.4 Å². The topological polar surface area (TPSA) is 84.2 Å². The Kier molecular flexibility index (Phi) is 4.85. The molecule has 0 atom stereocenters. The standard InChI is InChI=1S/C16H15N3O2S/c1-10-2-4-12(5-3-10)15(21)19-16(22)18-13-8-6-11(7-9-13)14(17)20/h2-9H,1H3,(H2,17,20)(H2,18,19,21,22). The van der Waals surface area contributed by atoms with E-state index in [1.165, 1.54) is 0 Å². The molecule has 0 saturated heterocycles. The van der Waals surface area contributed by atoms with Gasteiger partial charge in [-0.2, -0.15) is 0 Å². The van der Waals surface area contributed by atoms with Crippen LogP contribution in [0.1, 0.15) is 26.3 Å². The number of amides is 2. The molecule has 2 rings (SSSR count). The molecular weight excluding hydrogens is 298 g/mol. The second-order valence-corrected chi connectivity index (χ2v) is 5.12. The summed E-state index contributed by atoms with van der Waals surface area (Å²) >= 11 is 5.09. The third-order valence-corrected chi connectivity index (χ3v) is 3.17. The maximum absolute atomic E-state index is 12.0. The van der Waals surface area contributed by atoms with E-state index in [9.17, 15) is 9.59 Å². The Balaban J connectivity index is 1.96. The fourth-order valence-electron chi connectivity index (χ4n) is 1.76. The van der Waals surface area contributed by atoms with Crippen molar-refractivity contribution in [1.29, 1.82) is 0 Å². The molecule has 0 radical (unpaired) electrons. The van der Waals surface area contributed by atoms with Crippen LogP contribution in [0.15, 0.2) is 48.5 Å². The first-order valence-electron chi connectivity index (χ1n) is 6.54. The number of primary amides is 1. The van der Waals surface area contributed by atoms with Gasteiger partial charge in [-0.05, 0) is 55.5 Å². The van der Waals surface area contributed by atoms with E-state index < -0.39 is 5.91 Å². The van der Waals surface area contributed by atoms with Gasteiger partial charge in [0.05, 0.1) is 0 Å². The molecule has 6 heteroatoms. The Morgan fingerprint density at radius 2 is 1.50 bits per heavy atom. The van der Waals surface area contributed by atoms with Crippen molar-refractivity contribution in [3.8, 4) is 0 Å². The molecular formula is C16H15N3O2S. The predicted molar refractivity (Wildman–Crippen MR) is 89.8 cm³/mol. The van der Waals surface area contributed by atoms with Crippen molar-refractivity contribution in [2.45, 2.75) is 6.92 Å². The number of anilines is 1. The second-order valence-electron chi connectivity index (χ2n) is 4.72. The maximum Gasteiger partial charge on any atom is 0.257 e. The number of hydrogen-bond acceptors (Lipinski definition) is 3. The molecule has 22 heavy (non-hydrogen) atoms. The molecule has 0 bridgehead atoms. The third kappa shape index (κ3) is 4.13. The number of aryl methyl sites for hydroxylation is 1. The van der Waals surface area contributed by atoms with Crippen LogP contribution in [-0.4, -0.2) is 16.9 Å². The van der Waals surface area contributed by atoms with Crippen LogP contribution in [0.25, 0.3) is 0 Å². The zero-order valence-electron chi connectivity index (χ0n) is 11.9. The molecule has 0 spiro atoms. The van der Waals surface area contributed by atoms with Crippen molar-refractivity contribution in [3.05, 3.63) is 65.2 Å². The van der Waals surface area contributed by atoms with Crippen LogP contribution in [0.2, 0.25) is 0 Å². The van der Waals surface area contributed by atoms with E-state index in [1.807, 2.05) is 19.1 Å². The number of hydrogen-bond donors (Lipinski definition) is 3. The monoisotopic (exact) mass is 313 g/mol. The van der Waals surface area contributed by atoms with Crippen LogP contribution in [0, 0.1) is 6.92 Å². The van der Waals surface area contributed by atoms with Gasteiger partial charge >= 0.3 is 0 Å². The van der Waals surface area contributed by atoms with Gasteiger partial charge in [0.15, 0.2) is 5.11 Å². The first kappa shape index (κ1) is 15.7. The number of benzene rings is 2. The van der Waals surface area contributed by atoms with Crippen molar-refractivity contribution in [2.75, 3.05) is 5.32 Å². The molecule has 112 valence electrons. The highest BCUT2D eigenvalue weighted by Crippen LogP contribution is 2.09. The van der Waals surface area contributed by atoms with Gasteiger partial charge in [-0.15, -0.1) is 0 Å². The lowest BCUT2D eigenvalue weighted by atomic mass is 10.1. The summed E-state index contributed by atoms with van der Waals surface area (Å²) in [7, 11) is 0. The van der Waals surface area contributed by atoms with Gasteiger partial charge in [0, 0.05) is 16.8 Å². The Bertz CT molecular complexity index is 709. The fourth-order valence-corrected chi connectivity index (χ4v) is 1.97. The number of nitrogens with two attached hydrogens (primary N) is 1. The van der Waals surface area contributed by atoms with Crippen LogP contribution in [0.4, 0.5) is 5.69 Å². The summed E-state index contributed by atoms with van der Waals surface area (Å²) in [6.45, 7) is 1.95. The Morgan fingerprint density at radius 3 is 2.05 bits per heavy atom. The highest BCUT2D eigenvalue weighted by atomic mass is 32.1. The van der Waals surface area contributed by atoms with Gasteiger partial charge in [-0.1, -0.05) is 17.7 Å². The van der Waals surface area contributed by atoms with Gasteiger partial charge in [0.25, 0.3) is 5.91 Å². The summed E-state index contributed by atoms with van der Waals surface area (Å²) < 4.78 is 0.